The molecule has 0 spiro atoms. The van der Waals surface area contributed by atoms with Gasteiger partial charge in [-0.2, -0.15) is 0 Å². The van der Waals surface area contributed by atoms with Crippen LogP contribution in [0.2, 0.25) is 0 Å². The van der Waals surface area contributed by atoms with Crippen LogP contribution in [0.25, 0.3) is 11.1 Å². The van der Waals surface area contributed by atoms with E-state index in [9.17, 15) is 14.0 Å². The molecule has 5 nitrogen and oxygen atoms in total. The zero-order valence-corrected chi connectivity index (χ0v) is 16.2. The maximum absolute atomic E-state index is 14.5. The number of nitrogens with one attached hydrogen (secondary N) is 1. The molecule has 0 fully saturated rings. The molecule has 0 aliphatic carbocycles. The van der Waals surface area contributed by atoms with Crippen molar-refractivity contribution in [1.29, 1.82) is 0 Å². The van der Waals surface area contributed by atoms with Crippen molar-refractivity contribution in [2.24, 2.45) is 0 Å². The molecular formula is C22H26FNO4. The molecule has 0 bridgehead atoms. The normalized spacial score (nSPS) is 11.7. The summed E-state index contributed by atoms with van der Waals surface area (Å²) in [5, 5.41) is 11.8. The molecule has 1 amide bonds. The lowest BCUT2D eigenvalue weighted by Crippen LogP contribution is -2.27. The van der Waals surface area contributed by atoms with E-state index in [1.54, 1.807) is 30.3 Å². The highest BCUT2D eigenvalue weighted by Gasteiger charge is 2.16. The number of amides is 1. The molecule has 0 unspecified atom stereocenters. The van der Waals surface area contributed by atoms with Crippen molar-refractivity contribution < 1.29 is 23.8 Å². The number of carboxylic acids is 1. The Balaban J connectivity index is 2.04. The standard InChI is InChI=1S/C22H26FNO4/c1-3-4-5-6-12-24-22(27)28-18-9-7-8-17(13-18)19-11-10-16(14-20(19)23)15(2)21(25)26/h7-11,13-15H,3-6,12H2,1-2H3,(H,24,27)(H,25,26)/t15-/m0/s1. The van der Waals surface area contributed by atoms with Crippen LogP contribution in [0.5, 0.6) is 5.75 Å². The van der Waals surface area contributed by atoms with E-state index in [4.69, 9.17) is 9.84 Å². The minimum absolute atomic E-state index is 0.311. The average molecular weight is 387 g/mol. The molecule has 0 saturated heterocycles. The number of hydrogen-bond donors (Lipinski definition) is 2. The van der Waals surface area contributed by atoms with Crippen LogP contribution in [0.15, 0.2) is 42.5 Å². The minimum atomic E-state index is -1.01. The summed E-state index contributed by atoms with van der Waals surface area (Å²) < 4.78 is 19.8. The number of carboxylic acid groups (broad SMARTS) is 1. The van der Waals surface area contributed by atoms with Gasteiger partial charge in [-0.15, -0.1) is 0 Å². The van der Waals surface area contributed by atoms with Crippen molar-refractivity contribution >= 4 is 12.1 Å². The van der Waals surface area contributed by atoms with E-state index in [2.05, 4.69) is 12.2 Å². The Morgan fingerprint density at radius 2 is 1.93 bits per heavy atom. The van der Waals surface area contributed by atoms with Crippen molar-refractivity contribution in [2.75, 3.05) is 6.54 Å². The van der Waals surface area contributed by atoms with Gasteiger partial charge in [-0.3, -0.25) is 4.79 Å². The van der Waals surface area contributed by atoms with E-state index in [0.717, 1.165) is 25.7 Å². The van der Waals surface area contributed by atoms with Gasteiger partial charge < -0.3 is 15.2 Å². The third-order valence-electron chi connectivity index (χ3n) is 4.52. The Morgan fingerprint density at radius 3 is 2.61 bits per heavy atom. The highest BCUT2D eigenvalue weighted by atomic mass is 19.1. The number of rotatable bonds is 9. The van der Waals surface area contributed by atoms with Gasteiger partial charge in [0.2, 0.25) is 0 Å². The summed E-state index contributed by atoms with van der Waals surface area (Å²) in [7, 11) is 0. The van der Waals surface area contributed by atoms with Gasteiger partial charge in [0.1, 0.15) is 11.6 Å². The summed E-state index contributed by atoms with van der Waals surface area (Å²) in [4.78, 5) is 22.9. The van der Waals surface area contributed by atoms with Crippen molar-refractivity contribution in [2.45, 2.75) is 45.4 Å². The average Bonchev–Trinajstić information content (AvgIpc) is 2.67. The van der Waals surface area contributed by atoms with Crippen molar-refractivity contribution in [3.63, 3.8) is 0 Å². The molecule has 0 aliphatic heterocycles. The third kappa shape index (κ3) is 6.08. The zero-order valence-electron chi connectivity index (χ0n) is 16.2. The monoisotopic (exact) mass is 387 g/mol. The van der Waals surface area contributed by atoms with E-state index in [0.29, 0.717) is 29.0 Å². The fraction of sp³-hybridized carbons (Fsp3) is 0.364. The lowest BCUT2D eigenvalue weighted by Gasteiger charge is -2.11. The number of unbranched alkanes of at least 4 members (excludes halogenated alkanes) is 3. The second-order valence-corrected chi connectivity index (χ2v) is 6.70. The Labute approximate surface area is 164 Å². The first-order valence-corrected chi connectivity index (χ1v) is 9.50. The predicted octanol–water partition coefficient (Wildman–Crippen LogP) is 5.35. The molecule has 0 aliphatic rings. The number of carbonyl (C=O) groups is 2. The van der Waals surface area contributed by atoms with E-state index in [-0.39, 0.29) is 0 Å². The summed E-state index contributed by atoms with van der Waals surface area (Å²) in [5.41, 5.74) is 1.25. The van der Waals surface area contributed by atoms with E-state index in [1.807, 2.05) is 0 Å². The molecule has 2 aromatic carbocycles. The highest BCUT2D eigenvalue weighted by molar-refractivity contribution is 5.76. The van der Waals surface area contributed by atoms with Crippen LogP contribution in [0, 0.1) is 5.82 Å². The minimum Gasteiger partial charge on any atom is -0.481 e. The zero-order chi connectivity index (χ0) is 20.5. The lowest BCUT2D eigenvalue weighted by atomic mass is 9.97. The van der Waals surface area contributed by atoms with Crippen molar-refractivity contribution in [1.82, 2.24) is 5.32 Å². The van der Waals surface area contributed by atoms with E-state index >= 15 is 0 Å². The Morgan fingerprint density at radius 1 is 1.14 bits per heavy atom. The predicted molar refractivity (Wildman–Crippen MR) is 106 cm³/mol. The molecule has 2 N–H and O–H groups in total. The Kier molecular flexibility index (Phi) is 7.99. The molecule has 0 heterocycles. The molecule has 0 radical (unpaired) electrons. The molecule has 6 heteroatoms. The molecular weight excluding hydrogens is 361 g/mol. The van der Waals surface area contributed by atoms with E-state index < -0.39 is 23.8 Å². The lowest BCUT2D eigenvalue weighted by molar-refractivity contribution is -0.138. The fourth-order valence-electron chi connectivity index (χ4n) is 2.79. The number of halogens is 1. The van der Waals surface area contributed by atoms with Crippen LogP contribution < -0.4 is 10.1 Å². The van der Waals surface area contributed by atoms with Gasteiger partial charge in [0, 0.05) is 12.1 Å². The summed E-state index contributed by atoms with van der Waals surface area (Å²) in [6, 6.07) is 10.9. The first-order chi connectivity index (χ1) is 13.4. The smallest absolute Gasteiger partial charge is 0.412 e. The van der Waals surface area contributed by atoms with Crippen LogP contribution in [0.4, 0.5) is 9.18 Å². The van der Waals surface area contributed by atoms with Gasteiger partial charge in [0.15, 0.2) is 0 Å². The molecule has 28 heavy (non-hydrogen) atoms. The van der Waals surface area contributed by atoms with Crippen molar-refractivity contribution in [3.05, 3.63) is 53.8 Å². The van der Waals surface area contributed by atoms with Crippen LogP contribution in [0.1, 0.15) is 51.0 Å². The SMILES string of the molecule is CCCCCCNC(=O)Oc1cccc(-c2ccc([C@H](C)C(=O)O)cc2F)c1. The molecule has 2 aromatic rings. The van der Waals surface area contributed by atoms with E-state index in [1.165, 1.54) is 19.1 Å². The number of carbonyl (C=O) groups excluding carboxylic acids is 1. The molecule has 2 rings (SSSR count). The second-order valence-electron chi connectivity index (χ2n) is 6.70. The Bertz CT molecular complexity index is 822. The number of hydrogen-bond acceptors (Lipinski definition) is 3. The summed E-state index contributed by atoms with van der Waals surface area (Å²) in [6.07, 6.45) is 3.68. The van der Waals surface area contributed by atoms with Gasteiger partial charge in [-0.25, -0.2) is 9.18 Å². The Hall–Kier alpha value is -2.89. The van der Waals surface area contributed by atoms with Crippen LogP contribution in [0.3, 0.4) is 0 Å². The summed E-state index contributed by atoms with van der Waals surface area (Å²) in [5.74, 6) is -2.02. The quantitative estimate of drug-likeness (QED) is 0.569. The second kappa shape index (κ2) is 10.4. The van der Waals surface area contributed by atoms with Gasteiger partial charge in [-0.1, -0.05) is 50.5 Å². The molecule has 0 saturated carbocycles. The fourth-order valence-corrected chi connectivity index (χ4v) is 2.79. The maximum atomic E-state index is 14.5. The van der Waals surface area contributed by atoms with Crippen LogP contribution in [-0.2, 0) is 4.79 Å². The van der Waals surface area contributed by atoms with Gasteiger partial charge in [-0.05, 0) is 42.7 Å². The third-order valence-corrected chi connectivity index (χ3v) is 4.52. The molecule has 150 valence electrons. The van der Waals surface area contributed by atoms with Crippen LogP contribution >= 0.6 is 0 Å². The van der Waals surface area contributed by atoms with Crippen molar-refractivity contribution in [3.8, 4) is 16.9 Å². The van der Waals surface area contributed by atoms with Gasteiger partial charge in [0.05, 0.1) is 5.92 Å². The maximum Gasteiger partial charge on any atom is 0.412 e. The number of benzene rings is 2. The number of aliphatic carboxylic acids is 1. The topological polar surface area (TPSA) is 75.6 Å². The first-order valence-electron chi connectivity index (χ1n) is 9.50. The summed E-state index contributed by atoms with van der Waals surface area (Å²) >= 11 is 0. The van der Waals surface area contributed by atoms with Crippen LogP contribution in [-0.4, -0.2) is 23.7 Å². The van der Waals surface area contributed by atoms with Gasteiger partial charge in [0.25, 0.3) is 0 Å². The molecule has 1 atom stereocenters. The highest BCUT2D eigenvalue weighted by Crippen LogP contribution is 2.29. The largest absolute Gasteiger partial charge is 0.481 e. The van der Waals surface area contributed by atoms with Gasteiger partial charge >= 0.3 is 12.1 Å². The summed E-state index contributed by atoms with van der Waals surface area (Å²) in [6.45, 7) is 4.18. The first kappa shape index (κ1) is 21.4. The number of ether oxygens (including phenoxy) is 1. The molecule has 0 aromatic heterocycles.